The highest BCUT2D eigenvalue weighted by Gasteiger charge is 2.19. The Morgan fingerprint density at radius 3 is 2.52 bits per heavy atom. The van der Waals surface area contributed by atoms with Crippen molar-refractivity contribution in [1.29, 1.82) is 0 Å². The Kier molecular flexibility index (Phi) is 7.50. The first kappa shape index (κ1) is 22.5. The molecule has 9 heteroatoms. The van der Waals surface area contributed by atoms with Crippen LogP contribution in [0.15, 0.2) is 12.1 Å². The topological polar surface area (TPSA) is 91.7 Å². The average molecular weight is 424 g/mol. The van der Waals surface area contributed by atoms with Gasteiger partial charge in [-0.05, 0) is 31.9 Å². The molecule has 0 aliphatic heterocycles. The Balaban J connectivity index is 2.04. The van der Waals surface area contributed by atoms with E-state index in [2.05, 4.69) is 10.4 Å². The number of amides is 1. The van der Waals surface area contributed by atoms with Crippen molar-refractivity contribution >= 4 is 29.2 Å². The van der Waals surface area contributed by atoms with Crippen LogP contribution in [0, 0.1) is 19.8 Å². The molecule has 0 bridgehead atoms. The number of carbonyl (C=O) groups is 2. The van der Waals surface area contributed by atoms with E-state index in [1.54, 1.807) is 18.7 Å². The van der Waals surface area contributed by atoms with E-state index in [0.717, 1.165) is 5.69 Å². The number of hydrogen-bond acceptors (Lipinski definition) is 6. The van der Waals surface area contributed by atoms with Crippen molar-refractivity contribution < 1.29 is 23.8 Å². The summed E-state index contributed by atoms with van der Waals surface area (Å²) >= 11 is 6.25. The fraction of sp³-hybridized carbons (Fsp3) is 0.450. The average Bonchev–Trinajstić information content (AvgIpc) is 2.90. The molecular formula is C20H26ClN3O5. The molecule has 0 fully saturated rings. The third-order valence-electron chi connectivity index (χ3n) is 4.13. The normalized spacial score (nSPS) is 10.8. The van der Waals surface area contributed by atoms with Crippen LogP contribution in [-0.2, 0) is 16.6 Å². The highest BCUT2D eigenvalue weighted by molar-refractivity contribution is 6.32. The first-order chi connectivity index (χ1) is 13.6. The van der Waals surface area contributed by atoms with Gasteiger partial charge < -0.3 is 19.5 Å². The molecule has 1 amide bonds. The van der Waals surface area contributed by atoms with E-state index in [4.69, 9.17) is 25.8 Å². The van der Waals surface area contributed by atoms with Crippen molar-refractivity contribution in [2.45, 2.75) is 27.7 Å². The van der Waals surface area contributed by atoms with Gasteiger partial charge in [-0.25, -0.2) is 4.79 Å². The predicted octanol–water partition coefficient (Wildman–Crippen LogP) is 3.53. The maximum atomic E-state index is 12.4. The van der Waals surface area contributed by atoms with Gasteiger partial charge in [-0.15, -0.1) is 0 Å². The highest BCUT2D eigenvalue weighted by atomic mass is 35.5. The van der Waals surface area contributed by atoms with Gasteiger partial charge in [-0.1, -0.05) is 25.4 Å². The number of halogens is 1. The summed E-state index contributed by atoms with van der Waals surface area (Å²) in [5.74, 6) is -0.190. The lowest BCUT2D eigenvalue weighted by Gasteiger charge is -2.15. The zero-order chi connectivity index (χ0) is 21.7. The molecule has 1 N–H and O–H groups in total. The largest absolute Gasteiger partial charge is 0.493 e. The van der Waals surface area contributed by atoms with Crippen molar-refractivity contribution in [3.8, 4) is 11.5 Å². The Morgan fingerprint density at radius 1 is 1.28 bits per heavy atom. The molecule has 2 aromatic rings. The molecule has 0 aliphatic carbocycles. The highest BCUT2D eigenvalue weighted by Crippen LogP contribution is 2.37. The first-order valence-electron chi connectivity index (χ1n) is 9.11. The molecule has 0 radical (unpaired) electrons. The second-order valence-electron chi connectivity index (χ2n) is 6.99. The van der Waals surface area contributed by atoms with Gasteiger partial charge in [0.1, 0.15) is 0 Å². The number of esters is 1. The number of nitrogens with one attached hydrogen (secondary N) is 1. The van der Waals surface area contributed by atoms with E-state index in [-0.39, 0.29) is 10.6 Å². The first-order valence-corrected chi connectivity index (χ1v) is 9.49. The minimum absolute atomic E-state index is 0.158. The van der Waals surface area contributed by atoms with Gasteiger partial charge >= 0.3 is 5.97 Å². The van der Waals surface area contributed by atoms with Gasteiger partial charge in [0.15, 0.2) is 18.1 Å². The van der Waals surface area contributed by atoms with E-state index in [1.165, 1.54) is 19.2 Å². The van der Waals surface area contributed by atoms with Crippen LogP contribution in [0.5, 0.6) is 11.5 Å². The Morgan fingerprint density at radius 2 is 1.97 bits per heavy atom. The molecule has 0 aliphatic rings. The summed E-state index contributed by atoms with van der Waals surface area (Å²) in [5.41, 5.74) is 2.24. The van der Waals surface area contributed by atoms with Gasteiger partial charge in [-0.2, -0.15) is 5.10 Å². The summed E-state index contributed by atoms with van der Waals surface area (Å²) in [5, 5.41) is 7.15. The monoisotopic (exact) mass is 423 g/mol. The van der Waals surface area contributed by atoms with Gasteiger partial charge in [0.05, 0.1) is 41.4 Å². The molecule has 1 aromatic heterocycles. The van der Waals surface area contributed by atoms with Gasteiger partial charge in [0.25, 0.3) is 5.91 Å². The standard InChI is InChI=1S/C20H26ClN3O5/c1-11(2)9-28-19-15(21)7-14(8-16(19)27-6)20(26)29-10-17(25)22-18-12(3)23-24(5)13(18)4/h7-8,11H,9-10H2,1-6H3,(H,22,25). The van der Waals surface area contributed by atoms with Crippen LogP contribution in [0.1, 0.15) is 35.6 Å². The molecule has 0 unspecified atom stereocenters. The van der Waals surface area contributed by atoms with Crippen LogP contribution in [-0.4, -0.2) is 42.0 Å². The van der Waals surface area contributed by atoms with E-state index in [9.17, 15) is 9.59 Å². The molecule has 1 aromatic carbocycles. The number of anilines is 1. The zero-order valence-electron chi connectivity index (χ0n) is 17.5. The lowest BCUT2D eigenvalue weighted by Crippen LogP contribution is -2.21. The number of ether oxygens (including phenoxy) is 3. The molecule has 2 rings (SSSR count). The number of benzene rings is 1. The minimum Gasteiger partial charge on any atom is -0.493 e. The lowest BCUT2D eigenvalue weighted by molar-refractivity contribution is -0.119. The van der Waals surface area contributed by atoms with Crippen molar-refractivity contribution in [2.24, 2.45) is 13.0 Å². The van der Waals surface area contributed by atoms with Gasteiger partial charge in [0.2, 0.25) is 0 Å². The predicted molar refractivity (Wildman–Crippen MR) is 110 cm³/mol. The summed E-state index contributed by atoms with van der Waals surface area (Å²) in [6, 6.07) is 2.90. The third kappa shape index (κ3) is 5.63. The second kappa shape index (κ2) is 9.65. The number of hydrogen-bond donors (Lipinski definition) is 1. The quantitative estimate of drug-likeness (QED) is 0.653. The summed E-state index contributed by atoms with van der Waals surface area (Å²) in [7, 11) is 3.23. The van der Waals surface area contributed by atoms with Gasteiger partial charge in [-0.3, -0.25) is 9.48 Å². The van der Waals surface area contributed by atoms with Crippen LogP contribution < -0.4 is 14.8 Å². The molecule has 8 nitrogen and oxygen atoms in total. The zero-order valence-corrected chi connectivity index (χ0v) is 18.2. The van der Waals surface area contributed by atoms with Crippen molar-refractivity contribution in [3.63, 3.8) is 0 Å². The Hall–Kier alpha value is -2.74. The molecule has 0 saturated carbocycles. The van der Waals surface area contributed by atoms with E-state index < -0.39 is 18.5 Å². The fourth-order valence-corrected chi connectivity index (χ4v) is 2.84. The maximum Gasteiger partial charge on any atom is 0.338 e. The number of carbonyl (C=O) groups excluding carboxylic acids is 2. The minimum atomic E-state index is -0.699. The van der Waals surface area contributed by atoms with Crippen LogP contribution in [0.2, 0.25) is 5.02 Å². The number of aryl methyl sites for hydroxylation is 2. The molecule has 0 atom stereocenters. The van der Waals surface area contributed by atoms with Gasteiger partial charge in [0, 0.05) is 7.05 Å². The lowest BCUT2D eigenvalue weighted by atomic mass is 10.2. The number of methoxy groups -OCH3 is 1. The molecule has 0 saturated heterocycles. The number of nitrogens with zero attached hydrogens (tertiary/aromatic N) is 2. The van der Waals surface area contributed by atoms with Crippen molar-refractivity contribution in [3.05, 3.63) is 34.1 Å². The Labute approximate surface area is 175 Å². The summed E-state index contributed by atoms with van der Waals surface area (Å²) in [6.07, 6.45) is 0. The summed E-state index contributed by atoms with van der Waals surface area (Å²) < 4.78 is 17.7. The summed E-state index contributed by atoms with van der Waals surface area (Å²) in [4.78, 5) is 24.5. The van der Waals surface area contributed by atoms with E-state index in [0.29, 0.717) is 35.4 Å². The molecule has 0 spiro atoms. The van der Waals surface area contributed by atoms with Crippen molar-refractivity contribution in [1.82, 2.24) is 9.78 Å². The molecular weight excluding hydrogens is 398 g/mol. The fourth-order valence-electron chi connectivity index (χ4n) is 2.57. The Bertz CT molecular complexity index is 908. The van der Waals surface area contributed by atoms with E-state index >= 15 is 0 Å². The van der Waals surface area contributed by atoms with Crippen molar-refractivity contribution in [2.75, 3.05) is 25.6 Å². The maximum absolute atomic E-state index is 12.4. The molecule has 1 heterocycles. The SMILES string of the molecule is COc1cc(C(=O)OCC(=O)Nc2c(C)nn(C)c2C)cc(Cl)c1OCC(C)C. The summed E-state index contributed by atoms with van der Waals surface area (Å²) in [6.45, 7) is 7.63. The van der Waals surface area contributed by atoms with E-state index in [1.807, 2.05) is 20.8 Å². The molecule has 29 heavy (non-hydrogen) atoms. The number of rotatable bonds is 8. The van der Waals surface area contributed by atoms with Crippen LogP contribution >= 0.6 is 11.6 Å². The number of aromatic nitrogens is 2. The second-order valence-corrected chi connectivity index (χ2v) is 7.40. The third-order valence-corrected chi connectivity index (χ3v) is 4.41. The van der Waals surface area contributed by atoms with Crippen LogP contribution in [0.4, 0.5) is 5.69 Å². The van der Waals surface area contributed by atoms with Crippen LogP contribution in [0.25, 0.3) is 0 Å². The molecule has 158 valence electrons. The van der Waals surface area contributed by atoms with Crippen LogP contribution in [0.3, 0.4) is 0 Å². The smallest absolute Gasteiger partial charge is 0.338 e.